The molecule has 5 heteroatoms. The summed E-state index contributed by atoms with van der Waals surface area (Å²) in [5.74, 6) is -0.689. The van der Waals surface area contributed by atoms with Crippen molar-refractivity contribution < 1.29 is 19.4 Å². The lowest BCUT2D eigenvalue weighted by Gasteiger charge is -2.37. The van der Waals surface area contributed by atoms with E-state index < -0.39 is 11.9 Å². The van der Waals surface area contributed by atoms with Gasteiger partial charge < -0.3 is 14.7 Å². The van der Waals surface area contributed by atoms with E-state index in [1.807, 2.05) is 6.92 Å². The Bertz CT molecular complexity index is 382. The van der Waals surface area contributed by atoms with Crippen LogP contribution in [0, 0.1) is 23.7 Å². The highest BCUT2D eigenvalue weighted by molar-refractivity contribution is 5.81. The Morgan fingerprint density at radius 2 is 2.00 bits per heavy atom. The lowest BCUT2D eigenvalue weighted by Crippen LogP contribution is -2.49. The Morgan fingerprint density at radius 3 is 2.60 bits per heavy atom. The molecule has 0 spiro atoms. The van der Waals surface area contributed by atoms with Gasteiger partial charge >= 0.3 is 5.97 Å². The summed E-state index contributed by atoms with van der Waals surface area (Å²) in [5.41, 5.74) is 0. The predicted molar refractivity (Wildman–Crippen MR) is 74.2 cm³/mol. The van der Waals surface area contributed by atoms with E-state index in [1.54, 1.807) is 4.90 Å². The van der Waals surface area contributed by atoms with E-state index >= 15 is 0 Å². The molecule has 0 aliphatic carbocycles. The second kappa shape index (κ2) is 6.12. The van der Waals surface area contributed by atoms with E-state index in [4.69, 9.17) is 4.74 Å². The average molecular weight is 283 g/mol. The summed E-state index contributed by atoms with van der Waals surface area (Å²) in [6.45, 7) is 7.79. The van der Waals surface area contributed by atoms with Crippen molar-refractivity contribution in [3.8, 4) is 0 Å². The summed E-state index contributed by atoms with van der Waals surface area (Å²) in [4.78, 5) is 25.6. The van der Waals surface area contributed by atoms with Crippen LogP contribution in [0.15, 0.2) is 0 Å². The number of carboxylic acids is 1. The molecule has 114 valence electrons. The molecule has 4 atom stereocenters. The maximum absolute atomic E-state index is 12.7. The Labute approximate surface area is 120 Å². The van der Waals surface area contributed by atoms with Crippen LogP contribution in [0.4, 0.5) is 0 Å². The number of carbonyl (C=O) groups is 2. The van der Waals surface area contributed by atoms with Crippen LogP contribution in [-0.2, 0) is 14.3 Å². The van der Waals surface area contributed by atoms with E-state index in [0.717, 1.165) is 6.42 Å². The van der Waals surface area contributed by atoms with Crippen LogP contribution in [-0.4, -0.2) is 47.7 Å². The van der Waals surface area contributed by atoms with Crippen molar-refractivity contribution in [1.82, 2.24) is 4.90 Å². The molecule has 2 aliphatic rings. The van der Waals surface area contributed by atoms with E-state index in [-0.39, 0.29) is 23.8 Å². The van der Waals surface area contributed by atoms with Gasteiger partial charge in [-0.15, -0.1) is 0 Å². The number of rotatable bonds is 3. The summed E-state index contributed by atoms with van der Waals surface area (Å²) in [6, 6.07) is 0. The van der Waals surface area contributed by atoms with Crippen LogP contribution in [0.25, 0.3) is 0 Å². The van der Waals surface area contributed by atoms with Crippen LogP contribution in [0.1, 0.15) is 33.6 Å². The van der Waals surface area contributed by atoms with E-state index in [0.29, 0.717) is 32.0 Å². The van der Waals surface area contributed by atoms with Crippen LogP contribution < -0.4 is 0 Å². The van der Waals surface area contributed by atoms with Crippen LogP contribution in [0.2, 0.25) is 0 Å². The fourth-order valence-corrected chi connectivity index (χ4v) is 3.48. The zero-order chi connectivity index (χ0) is 14.9. The molecule has 4 unspecified atom stereocenters. The third kappa shape index (κ3) is 3.14. The quantitative estimate of drug-likeness (QED) is 0.854. The van der Waals surface area contributed by atoms with Gasteiger partial charge in [0.2, 0.25) is 5.91 Å². The summed E-state index contributed by atoms with van der Waals surface area (Å²) >= 11 is 0. The summed E-state index contributed by atoms with van der Waals surface area (Å²) < 4.78 is 5.68. The fraction of sp³-hybridized carbons (Fsp3) is 0.867. The number of aliphatic carboxylic acids is 1. The number of hydrogen-bond acceptors (Lipinski definition) is 3. The van der Waals surface area contributed by atoms with Crippen molar-refractivity contribution in [2.45, 2.75) is 39.7 Å². The van der Waals surface area contributed by atoms with Gasteiger partial charge in [0, 0.05) is 19.7 Å². The molecule has 2 saturated heterocycles. The maximum Gasteiger partial charge on any atom is 0.308 e. The first-order valence-corrected chi connectivity index (χ1v) is 7.53. The Hall–Kier alpha value is -1.10. The standard InChI is InChI=1S/C15H25NO4/c1-9(2)13-12(4-5-20-13)14(17)16-7-10(3)6-11(8-16)15(18)19/h9-13H,4-8H2,1-3H3,(H,18,19). The monoisotopic (exact) mass is 283 g/mol. The van der Waals surface area contributed by atoms with Gasteiger partial charge in [0.25, 0.3) is 0 Å². The molecule has 5 nitrogen and oxygen atoms in total. The van der Waals surface area contributed by atoms with Crippen molar-refractivity contribution in [1.29, 1.82) is 0 Å². The van der Waals surface area contributed by atoms with Gasteiger partial charge in [0.05, 0.1) is 17.9 Å². The molecular weight excluding hydrogens is 258 g/mol. The third-order valence-electron chi connectivity index (χ3n) is 4.43. The molecule has 0 radical (unpaired) electrons. The van der Waals surface area contributed by atoms with Crippen molar-refractivity contribution >= 4 is 11.9 Å². The van der Waals surface area contributed by atoms with Gasteiger partial charge in [0.1, 0.15) is 0 Å². The first-order valence-electron chi connectivity index (χ1n) is 7.53. The smallest absolute Gasteiger partial charge is 0.308 e. The van der Waals surface area contributed by atoms with Crippen molar-refractivity contribution in [3.05, 3.63) is 0 Å². The van der Waals surface area contributed by atoms with E-state index in [2.05, 4.69) is 13.8 Å². The Morgan fingerprint density at radius 1 is 1.30 bits per heavy atom. The number of hydrogen-bond donors (Lipinski definition) is 1. The Kier molecular flexibility index (Phi) is 4.68. The normalized spacial score (nSPS) is 34.5. The van der Waals surface area contributed by atoms with Gasteiger partial charge in [-0.05, 0) is 24.7 Å². The highest BCUT2D eigenvalue weighted by atomic mass is 16.5. The molecule has 1 N–H and O–H groups in total. The molecular formula is C15H25NO4. The van der Waals surface area contributed by atoms with Crippen molar-refractivity contribution in [3.63, 3.8) is 0 Å². The topological polar surface area (TPSA) is 66.8 Å². The van der Waals surface area contributed by atoms with Crippen molar-refractivity contribution in [2.24, 2.45) is 23.7 Å². The summed E-state index contributed by atoms with van der Waals surface area (Å²) in [5, 5.41) is 9.20. The number of amides is 1. The second-order valence-corrected chi connectivity index (χ2v) is 6.59. The van der Waals surface area contributed by atoms with E-state index in [1.165, 1.54) is 0 Å². The molecule has 2 fully saturated rings. The lowest BCUT2D eigenvalue weighted by molar-refractivity contribution is -0.149. The minimum Gasteiger partial charge on any atom is -0.481 e. The molecule has 20 heavy (non-hydrogen) atoms. The van der Waals surface area contributed by atoms with Crippen LogP contribution >= 0.6 is 0 Å². The van der Waals surface area contributed by atoms with Gasteiger partial charge in [0.15, 0.2) is 0 Å². The first-order chi connectivity index (χ1) is 9.40. The predicted octanol–water partition coefficient (Wildman–Crippen LogP) is 1.62. The molecule has 0 saturated carbocycles. The zero-order valence-corrected chi connectivity index (χ0v) is 12.5. The molecule has 1 amide bonds. The number of carbonyl (C=O) groups excluding carboxylic acids is 1. The molecule has 0 aromatic rings. The minimum absolute atomic E-state index is 0.0250. The minimum atomic E-state index is -0.794. The summed E-state index contributed by atoms with van der Waals surface area (Å²) in [6.07, 6.45) is 1.39. The fourth-order valence-electron chi connectivity index (χ4n) is 3.48. The first kappa shape index (κ1) is 15.3. The lowest BCUT2D eigenvalue weighted by atomic mass is 9.87. The van der Waals surface area contributed by atoms with Gasteiger partial charge in [-0.25, -0.2) is 0 Å². The summed E-state index contributed by atoms with van der Waals surface area (Å²) in [7, 11) is 0. The molecule has 2 heterocycles. The molecule has 2 aliphatic heterocycles. The van der Waals surface area contributed by atoms with Crippen molar-refractivity contribution in [2.75, 3.05) is 19.7 Å². The Balaban J connectivity index is 2.06. The number of likely N-dealkylation sites (tertiary alicyclic amines) is 1. The highest BCUT2D eigenvalue weighted by Gasteiger charge is 2.41. The third-order valence-corrected chi connectivity index (χ3v) is 4.43. The SMILES string of the molecule is CC1CC(C(=O)O)CN(C(=O)C2CCOC2C(C)C)C1. The largest absolute Gasteiger partial charge is 0.481 e. The average Bonchev–Trinajstić information content (AvgIpc) is 2.86. The van der Waals surface area contributed by atoms with Gasteiger partial charge in [-0.1, -0.05) is 20.8 Å². The second-order valence-electron chi connectivity index (χ2n) is 6.59. The van der Waals surface area contributed by atoms with Crippen LogP contribution in [0.5, 0.6) is 0 Å². The van der Waals surface area contributed by atoms with Gasteiger partial charge in [-0.2, -0.15) is 0 Å². The molecule has 0 bridgehead atoms. The van der Waals surface area contributed by atoms with Crippen LogP contribution in [0.3, 0.4) is 0 Å². The molecule has 0 aromatic heterocycles. The van der Waals surface area contributed by atoms with Gasteiger partial charge in [-0.3, -0.25) is 9.59 Å². The zero-order valence-electron chi connectivity index (χ0n) is 12.5. The van der Waals surface area contributed by atoms with E-state index in [9.17, 15) is 14.7 Å². The molecule has 0 aromatic carbocycles. The highest BCUT2D eigenvalue weighted by Crippen LogP contribution is 2.31. The maximum atomic E-state index is 12.7. The number of carboxylic acid groups (broad SMARTS) is 1. The number of ether oxygens (including phenoxy) is 1. The number of piperidine rings is 1. The molecule has 2 rings (SSSR count). The number of nitrogens with zero attached hydrogens (tertiary/aromatic N) is 1.